The van der Waals surface area contributed by atoms with Crippen molar-refractivity contribution in [1.29, 1.82) is 0 Å². The number of ether oxygens (including phenoxy) is 2. The number of hydrogen-bond donors (Lipinski definition) is 2. The molecule has 5 atom stereocenters. The average molecular weight is 280 g/mol. The highest BCUT2D eigenvalue weighted by Crippen LogP contribution is 2.67. The fourth-order valence-corrected chi connectivity index (χ4v) is 4.92. The molecule has 2 N–H and O–H groups in total. The molecule has 4 aliphatic rings. The second kappa shape index (κ2) is 3.13. The molecule has 110 valence electrons. The molecule has 0 aromatic heterocycles. The van der Waals surface area contributed by atoms with Gasteiger partial charge in [0.25, 0.3) is 0 Å². The lowest BCUT2D eigenvalue weighted by molar-refractivity contribution is -0.256. The minimum atomic E-state index is -1.11. The predicted octanol–water partition coefficient (Wildman–Crippen LogP) is 1.03. The van der Waals surface area contributed by atoms with Crippen molar-refractivity contribution in [2.45, 2.75) is 69.0 Å². The Hall–Kier alpha value is -0.910. The summed E-state index contributed by atoms with van der Waals surface area (Å²) in [5.74, 6) is -1.67. The Morgan fingerprint density at radius 2 is 1.95 bits per heavy atom. The van der Waals surface area contributed by atoms with E-state index in [-0.39, 0.29) is 18.3 Å². The van der Waals surface area contributed by atoms with Crippen LogP contribution in [0.4, 0.5) is 0 Å². The topological polar surface area (TPSA) is 76.0 Å². The zero-order valence-electron chi connectivity index (χ0n) is 12.0. The lowest BCUT2D eigenvalue weighted by Crippen LogP contribution is -2.57. The third-order valence-electron chi connectivity index (χ3n) is 6.04. The molecule has 3 aliphatic heterocycles. The van der Waals surface area contributed by atoms with Crippen LogP contribution in [0.15, 0.2) is 11.1 Å². The van der Waals surface area contributed by atoms with Gasteiger partial charge in [-0.1, -0.05) is 0 Å². The second-order valence-corrected chi connectivity index (χ2v) is 7.30. The van der Waals surface area contributed by atoms with Crippen molar-refractivity contribution in [3.05, 3.63) is 11.1 Å². The minimum absolute atomic E-state index is 0.208. The van der Waals surface area contributed by atoms with E-state index >= 15 is 0 Å². The molecule has 5 nitrogen and oxygen atoms in total. The molecule has 4 rings (SSSR count). The molecule has 20 heavy (non-hydrogen) atoms. The maximum Gasteiger partial charge on any atom is 0.336 e. The highest BCUT2D eigenvalue weighted by Gasteiger charge is 2.77. The zero-order valence-corrected chi connectivity index (χ0v) is 12.0. The molecular formula is C15H20O5. The summed E-state index contributed by atoms with van der Waals surface area (Å²) in [6.45, 7) is 5.27. The summed E-state index contributed by atoms with van der Waals surface area (Å²) in [5.41, 5.74) is -1.43. The predicted molar refractivity (Wildman–Crippen MR) is 68.5 cm³/mol. The van der Waals surface area contributed by atoms with Crippen molar-refractivity contribution < 1.29 is 24.5 Å². The van der Waals surface area contributed by atoms with Crippen molar-refractivity contribution in [1.82, 2.24) is 0 Å². The van der Waals surface area contributed by atoms with E-state index in [0.29, 0.717) is 24.8 Å². The van der Waals surface area contributed by atoms with Gasteiger partial charge in [0.05, 0.1) is 11.2 Å². The Balaban J connectivity index is 1.93. The Labute approximate surface area is 117 Å². The molecule has 2 bridgehead atoms. The highest BCUT2D eigenvalue weighted by atomic mass is 16.7. The molecule has 0 aromatic carbocycles. The Morgan fingerprint density at radius 3 is 2.65 bits per heavy atom. The van der Waals surface area contributed by atoms with Crippen LogP contribution >= 0.6 is 0 Å². The van der Waals surface area contributed by atoms with Gasteiger partial charge in [0, 0.05) is 23.5 Å². The third kappa shape index (κ3) is 1.15. The highest BCUT2D eigenvalue weighted by molar-refractivity contribution is 5.92. The molecule has 2 saturated heterocycles. The number of carbonyl (C=O) groups excluding carboxylic acids is 1. The van der Waals surface area contributed by atoms with Crippen LogP contribution in [-0.4, -0.2) is 38.8 Å². The Bertz CT molecular complexity index is 561. The van der Waals surface area contributed by atoms with Crippen LogP contribution in [0.3, 0.4) is 0 Å². The first-order chi connectivity index (χ1) is 9.14. The normalized spacial score (nSPS) is 56.9. The molecule has 0 unspecified atom stereocenters. The van der Waals surface area contributed by atoms with Crippen molar-refractivity contribution in [3.63, 3.8) is 0 Å². The van der Waals surface area contributed by atoms with E-state index in [2.05, 4.69) is 0 Å². The molecule has 5 heteroatoms. The summed E-state index contributed by atoms with van der Waals surface area (Å²) in [5, 5.41) is 21.6. The maximum absolute atomic E-state index is 11.9. The van der Waals surface area contributed by atoms with Crippen molar-refractivity contribution >= 4 is 5.97 Å². The number of rotatable bonds is 0. The van der Waals surface area contributed by atoms with E-state index in [1.165, 1.54) is 0 Å². The number of esters is 1. The minimum Gasteiger partial charge on any atom is -0.425 e. The lowest BCUT2D eigenvalue weighted by atomic mass is 9.72. The fourth-order valence-electron chi connectivity index (χ4n) is 4.92. The monoisotopic (exact) mass is 280 g/mol. The molecule has 0 aromatic rings. The van der Waals surface area contributed by atoms with Crippen LogP contribution in [0.1, 0.15) is 46.5 Å². The van der Waals surface area contributed by atoms with E-state index in [1.54, 1.807) is 20.8 Å². The van der Waals surface area contributed by atoms with Gasteiger partial charge < -0.3 is 19.7 Å². The third-order valence-corrected chi connectivity index (χ3v) is 6.04. The molecule has 0 radical (unpaired) electrons. The summed E-state index contributed by atoms with van der Waals surface area (Å²) < 4.78 is 11.7. The fraction of sp³-hybridized carbons (Fsp3) is 0.800. The van der Waals surface area contributed by atoms with E-state index < -0.39 is 22.6 Å². The molecule has 2 spiro atoms. The van der Waals surface area contributed by atoms with Gasteiger partial charge in [0.2, 0.25) is 5.79 Å². The molecule has 1 aliphatic carbocycles. The number of hydrogen-bond acceptors (Lipinski definition) is 5. The lowest BCUT2D eigenvalue weighted by Gasteiger charge is -2.46. The van der Waals surface area contributed by atoms with Gasteiger partial charge in [0.15, 0.2) is 0 Å². The van der Waals surface area contributed by atoms with Crippen LogP contribution < -0.4 is 0 Å². The number of aliphatic hydroxyl groups is 2. The van der Waals surface area contributed by atoms with Crippen LogP contribution in [0, 0.1) is 5.92 Å². The summed E-state index contributed by atoms with van der Waals surface area (Å²) in [4.78, 5) is 11.9. The van der Waals surface area contributed by atoms with Crippen LogP contribution in [0.25, 0.3) is 0 Å². The van der Waals surface area contributed by atoms with Gasteiger partial charge in [-0.25, -0.2) is 4.79 Å². The standard InChI is InChI=1S/C15H20O5/c1-8-9-6-10-12(2,17)4-5-14(10)13(3,18)7-15(9,20-14)19-11(8)16/h10,17-18H,4-7H2,1-3H3/t10-,12+,13+,14+,15+/m0/s1. The second-order valence-electron chi connectivity index (χ2n) is 7.30. The average Bonchev–Trinajstić information content (AvgIpc) is 2.78. The largest absolute Gasteiger partial charge is 0.425 e. The van der Waals surface area contributed by atoms with Crippen LogP contribution in [-0.2, 0) is 14.3 Å². The van der Waals surface area contributed by atoms with Gasteiger partial charge in [-0.15, -0.1) is 0 Å². The van der Waals surface area contributed by atoms with E-state index in [1.807, 2.05) is 0 Å². The SMILES string of the molecule is CC1=C2C[C@H]3[C@](C)(O)CC[C@@]34O[C@@]2(C[C@@]4(C)O)OC1=O. The van der Waals surface area contributed by atoms with Crippen molar-refractivity contribution in [2.24, 2.45) is 5.92 Å². The van der Waals surface area contributed by atoms with Gasteiger partial charge in [0.1, 0.15) is 5.60 Å². The zero-order chi connectivity index (χ0) is 14.6. The summed E-state index contributed by atoms with van der Waals surface area (Å²) >= 11 is 0. The Kier molecular flexibility index (Phi) is 2.00. The first-order valence-corrected chi connectivity index (χ1v) is 7.22. The van der Waals surface area contributed by atoms with Gasteiger partial charge in [-0.05, 0) is 40.0 Å². The van der Waals surface area contributed by atoms with Gasteiger partial charge >= 0.3 is 5.97 Å². The van der Waals surface area contributed by atoms with Gasteiger partial charge in [-0.3, -0.25) is 0 Å². The van der Waals surface area contributed by atoms with Gasteiger partial charge in [-0.2, -0.15) is 0 Å². The van der Waals surface area contributed by atoms with Crippen LogP contribution in [0.5, 0.6) is 0 Å². The van der Waals surface area contributed by atoms with Crippen molar-refractivity contribution in [2.75, 3.05) is 0 Å². The number of carbonyl (C=O) groups is 1. The molecular weight excluding hydrogens is 260 g/mol. The maximum atomic E-state index is 11.9. The smallest absolute Gasteiger partial charge is 0.336 e. The van der Waals surface area contributed by atoms with Crippen LogP contribution in [0.2, 0.25) is 0 Å². The first-order valence-electron chi connectivity index (χ1n) is 7.22. The van der Waals surface area contributed by atoms with Crippen molar-refractivity contribution in [3.8, 4) is 0 Å². The van der Waals surface area contributed by atoms with E-state index in [4.69, 9.17) is 9.47 Å². The molecule has 3 fully saturated rings. The quantitative estimate of drug-likeness (QED) is 0.648. The molecule has 0 amide bonds. The Morgan fingerprint density at radius 1 is 1.25 bits per heavy atom. The molecule has 1 saturated carbocycles. The molecule has 3 heterocycles. The van der Waals surface area contributed by atoms with E-state index in [0.717, 1.165) is 5.57 Å². The summed E-state index contributed by atoms with van der Waals surface area (Å²) in [6.07, 6.45) is 1.99. The summed E-state index contributed by atoms with van der Waals surface area (Å²) in [7, 11) is 0. The summed E-state index contributed by atoms with van der Waals surface area (Å²) in [6, 6.07) is 0. The first kappa shape index (κ1) is 12.8. The van der Waals surface area contributed by atoms with E-state index in [9.17, 15) is 15.0 Å².